The van der Waals surface area contributed by atoms with Crippen LogP contribution in [0.1, 0.15) is 32.4 Å². The molecule has 0 bridgehead atoms. The molecule has 0 heterocycles. The molecule has 2 nitrogen and oxygen atoms in total. The second-order valence-electron chi connectivity index (χ2n) is 11.3. The lowest BCUT2D eigenvalue weighted by molar-refractivity contribution is 0.423. The van der Waals surface area contributed by atoms with E-state index in [0.717, 1.165) is 6.16 Å². The van der Waals surface area contributed by atoms with E-state index in [1.807, 2.05) is 0 Å². The second kappa shape index (κ2) is 14.0. The molecule has 214 valence electrons. The van der Waals surface area contributed by atoms with Crippen molar-refractivity contribution in [1.82, 2.24) is 4.31 Å². The molecule has 0 aliphatic heterocycles. The first kappa shape index (κ1) is 30.5. The third-order valence-electron chi connectivity index (χ3n) is 7.28. The van der Waals surface area contributed by atoms with Crippen LogP contribution in [0.2, 0.25) is 0 Å². The maximum Gasteiger partial charge on any atom is 0.100 e. The topological polar surface area (TPSA) is 20.3 Å². The fraction of sp³-hybridized carbons (Fsp3) is 0.189. The summed E-state index contributed by atoms with van der Waals surface area (Å²) in [7, 11) is -0.686. The number of rotatable bonds is 10. The van der Waals surface area contributed by atoms with E-state index in [-0.39, 0.29) is 10.8 Å². The van der Waals surface area contributed by atoms with Crippen LogP contribution in [0, 0.1) is 0 Å². The minimum atomic E-state index is -1.20. The Balaban J connectivity index is 1.70. The Hall–Kier alpha value is -2.93. The van der Waals surface area contributed by atoms with Gasteiger partial charge in [0.25, 0.3) is 0 Å². The van der Waals surface area contributed by atoms with Crippen LogP contribution in [0.4, 0.5) is 0 Å². The number of hydrogen-bond donors (Lipinski definition) is 0. The molecule has 0 fully saturated rings. The van der Waals surface area contributed by atoms with Crippen LogP contribution in [0.25, 0.3) is 0 Å². The fourth-order valence-corrected chi connectivity index (χ4v) is 11.7. The molecule has 0 saturated heterocycles. The highest BCUT2D eigenvalue weighted by Gasteiger charge is 2.34. The van der Waals surface area contributed by atoms with E-state index in [0.29, 0.717) is 0 Å². The number of hydrogen-bond acceptors (Lipinski definition) is 1. The lowest BCUT2D eigenvalue weighted by atomic mass is 10.1. The maximum atomic E-state index is 14.1. The molecule has 42 heavy (non-hydrogen) atoms. The fourth-order valence-electron chi connectivity index (χ4n) is 5.26. The molecule has 1 unspecified atom stereocenters. The van der Waals surface area contributed by atoms with Gasteiger partial charge in [-0.05, 0) is 74.9 Å². The van der Waals surface area contributed by atoms with Gasteiger partial charge in [-0.2, -0.15) is 0 Å². The van der Waals surface area contributed by atoms with Gasteiger partial charge < -0.3 is 0 Å². The van der Waals surface area contributed by atoms with Crippen molar-refractivity contribution in [3.8, 4) is 0 Å². The van der Waals surface area contributed by atoms with Crippen molar-refractivity contribution >= 4 is 53.4 Å². The van der Waals surface area contributed by atoms with Crippen LogP contribution >= 0.6 is 15.8 Å². The summed E-state index contributed by atoms with van der Waals surface area (Å²) >= 11 is 0. The van der Waals surface area contributed by atoms with Gasteiger partial charge in [0, 0.05) is 7.05 Å². The molecule has 0 aliphatic carbocycles. The van der Waals surface area contributed by atoms with Crippen molar-refractivity contribution in [2.75, 3.05) is 13.2 Å². The van der Waals surface area contributed by atoms with E-state index < -0.39 is 26.8 Å². The van der Waals surface area contributed by atoms with E-state index in [4.69, 9.17) is 0 Å². The molecular weight excluding hydrogens is 568 g/mol. The Bertz CT molecular complexity index is 1500. The molecule has 0 radical (unpaired) electrons. The first-order chi connectivity index (χ1) is 20.3. The monoisotopic (exact) mass is 607 g/mol. The molecule has 5 rings (SSSR count). The highest BCUT2D eigenvalue weighted by atomic mass is 32.2. The molecule has 2 atom stereocenters. The predicted octanol–water partition coefficient (Wildman–Crippen LogP) is 7.01. The summed E-state index contributed by atoms with van der Waals surface area (Å²) in [5, 5.41) is 6.63. The van der Waals surface area contributed by atoms with E-state index in [1.54, 1.807) is 0 Å². The van der Waals surface area contributed by atoms with Crippen molar-refractivity contribution in [2.45, 2.75) is 31.6 Å². The minimum absolute atomic E-state index is 0.0507. The summed E-state index contributed by atoms with van der Waals surface area (Å²) in [4.78, 5) is 0. The zero-order valence-corrected chi connectivity index (χ0v) is 27.4. The van der Waals surface area contributed by atoms with Crippen molar-refractivity contribution in [3.63, 3.8) is 0 Å². The minimum Gasteiger partial charge on any atom is -0.242 e. The lowest BCUT2D eigenvalue weighted by Gasteiger charge is -2.36. The predicted molar refractivity (Wildman–Crippen MR) is 187 cm³/mol. The van der Waals surface area contributed by atoms with Crippen LogP contribution in [-0.2, 0) is 11.0 Å². The normalized spacial score (nSPS) is 13.4. The third kappa shape index (κ3) is 7.16. The van der Waals surface area contributed by atoms with Gasteiger partial charge in [-0.15, -0.1) is 0 Å². The second-order valence-corrected chi connectivity index (χ2v) is 18.0. The summed E-state index contributed by atoms with van der Waals surface area (Å²) in [6.07, 6.45) is 0.867. The zero-order chi connectivity index (χ0) is 29.5. The van der Waals surface area contributed by atoms with Gasteiger partial charge in [0.1, 0.15) is 11.0 Å². The summed E-state index contributed by atoms with van der Waals surface area (Å²) in [5.41, 5.74) is 1.26. The van der Waals surface area contributed by atoms with E-state index in [2.05, 4.69) is 178 Å². The smallest absolute Gasteiger partial charge is 0.100 e. The Morgan fingerprint density at radius 2 is 0.976 bits per heavy atom. The average molecular weight is 608 g/mol. The van der Waals surface area contributed by atoms with Gasteiger partial charge in [0.15, 0.2) is 0 Å². The Morgan fingerprint density at radius 3 is 1.40 bits per heavy atom. The summed E-state index contributed by atoms with van der Waals surface area (Å²) < 4.78 is 15.9. The molecule has 0 saturated carbocycles. The third-order valence-corrected chi connectivity index (χ3v) is 14.2. The van der Waals surface area contributed by atoms with Gasteiger partial charge >= 0.3 is 0 Å². The van der Waals surface area contributed by atoms with E-state index in [1.165, 1.54) is 32.1 Å². The van der Waals surface area contributed by atoms with Crippen molar-refractivity contribution < 1.29 is 4.21 Å². The van der Waals surface area contributed by atoms with E-state index in [9.17, 15) is 4.21 Å². The molecule has 0 aliphatic rings. The van der Waals surface area contributed by atoms with Crippen LogP contribution in [0.5, 0.6) is 0 Å². The summed E-state index contributed by atoms with van der Waals surface area (Å²) in [6, 6.07) is 52.3. The molecule has 0 amide bonds. The standard InChI is InChI=1S/C37H39NOP2S/c1-37(2,3)42(39)38(4)35(29-40(30-19-9-5-10-20-30)31-21-11-6-12-22-31)34-27-17-18-28-36(34)41(32-23-13-7-14-24-32)33-25-15-8-16-26-33/h5-28,35H,29H2,1-4H3/t35?,42-/m1/s1. The maximum absolute atomic E-state index is 14.1. The largest absolute Gasteiger partial charge is 0.242 e. The Kier molecular flexibility index (Phi) is 10.2. The molecule has 0 N–H and O–H groups in total. The first-order valence-corrected chi connectivity index (χ1v) is 18.3. The lowest BCUT2D eigenvalue weighted by Crippen LogP contribution is -2.41. The summed E-state index contributed by atoms with van der Waals surface area (Å²) in [5.74, 6) is 0. The highest BCUT2D eigenvalue weighted by molar-refractivity contribution is 7.84. The van der Waals surface area contributed by atoms with Crippen LogP contribution in [0.3, 0.4) is 0 Å². The van der Waals surface area contributed by atoms with Crippen molar-refractivity contribution in [1.29, 1.82) is 0 Å². The summed E-state index contributed by atoms with van der Waals surface area (Å²) in [6.45, 7) is 6.21. The SMILES string of the molecule is CN(C(CP(c1ccccc1)c1ccccc1)c1ccccc1P(c1ccccc1)c1ccccc1)[S@](=O)C(C)(C)C. The van der Waals surface area contributed by atoms with Crippen molar-refractivity contribution in [3.05, 3.63) is 151 Å². The molecule has 5 heteroatoms. The quantitative estimate of drug-likeness (QED) is 0.157. The van der Waals surface area contributed by atoms with Crippen LogP contribution in [-0.4, -0.2) is 26.5 Å². The van der Waals surface area contributed by atoms with Gasteiger partial charge in [0.2, 0.25) is 0 Å². The zero-order valence-electron chi connectivity index (χ0n) is 24.8. The molecule has 5 aromatic carbocycles. The Morgan fingerprint density at radius 1 is 0.595 bits per heavy atom. The first-order valence-electron chi connectivity index (χ1n) is 14.4. The van der Waals surface area contributed by atoms with Gasteiger partial charge in [-0.1, -0.05) is 146 Å². The molecular formula is C37H39NOP2S. The van der Waals surface area contributed by atoms with Gasteiger partial charge in [-0.3, -0.25) is 0 Å². The highest BCUT2D eigenvalue weighted by Crippen LogP contribution is 2.43. The molecule has 0 aromatic heterocycles. The van der Waals surface area contributed by atoms with Gasteiger partial charge in [0.05, 0.1) is 10.8 Å². The molecule has 5 aromatic rings. The number of benzene rings is 5. The average Bonchev–Trinajstić information content (AvgIpc) is 3.03. The Labute approximate surface area is 256 Å². The van der Waals surface area contributed by atoms with Gasteiger partial charge in [-0.25, -0.2) is 8.51 Å². The number of nitrogens with zero attached hydrogens (tertiary/aromatic N) is 1. The molecule has 0 spiro atoms. The van der Waals surface area contributed by atoms with Crippen LogP contribution in [0.15, 0.2) is 146 Å². The van der Waals surface area contributed by atoms with Crippen molar-refractivity contribution in [2.24, 2.45) is 0 Å². The van der Waals surface area contributed by atoms with Crippen LogP contribution < -0.4 is 26.5 Å². The van der Waals surface area contributed by atoms with E-state index >= 15 is 0 Å².